The Labute approximate surface area is 179 Å². The molecule has 0 aliphatic carbocycles. The van der Waals surface area contributed by atoms with Crippen molar-refractivity contribution in [3.05, 3.63) is 90.0 Å². The Morgan fingerprint density at radius 1 is 0.935 bits per heavy atom. The van der Waals surface area contributed by atoms with E-state index in [9.17, 15) is 22.0 Å². The molecule has 0 bridgehead atoms. The average Bonchev–Trinajstić information content (AvgIpc) is 2.73. The fourth-order valence-corrected chi connectivity index (χ4v) is 3.67. The van der Waals surface area contributed by atoms with Crippen LogP contribution in [0.25, 0.3) is 0 Å². The zero-order valence-electron chi connectivity index (χ0n) is 16.6. The number of rotatable bonds is 8. The first-order valence-corrected chi connectivity index (χ1v) is 11.1. The van der Waals surface area contributed by atoms with Crippen molar-refractivity contribution in [1.82, 2.24) is 0 Å². The van der Waals surface area contributed by atoms with Crippen LogP contribution in [0.5, 0.6) is 5.75 Å². The van der Waals surface area contributed by atoms with Gasteiger partial charge in [0.2, 0.25) is 10.0 Å². The second-order valence-corrected chi connectivity index (χ2v) is 8.58. The van der Waals surface area contributed by atoms with Crippen LogP contribution in [-0.2, 0) is 21.4 Å². The molecule has 3 aromatic carbocycles. The van der Waals surface area contributed by atoms with Crippen molar-refractivity contribution in [1.29, 1.82) is 0 Å². The molecule has 3 rings (SSSR count). The van der Waals surface area contributed by atoms with Gasteiger partial charge in [0.1, 0.15) is 17.4 Å². The number of nitrogens with one attached hydrogen (secondary N) is 1. The van der Waals surface area contributed by atoms with Crippen LogP contribution < -0.4 is 14.4 Å². The summed E-state index contributed by atoms with van der Waals surface area (Å²) >= 11 is 0. The summed E-state index contributed by atoms with van der Waals surface area (Å²) < 4.78 is 58.5. The van der Waals surface area contributed by atoms with Crippen molar-refractivity contribution < 1.29 is 26.7 Å². The minimum Gasteiger partial charge on any atom is -0.484 e. The van der Waals surface area contributed by atoms with Crippen molar-refractivity contribution in [2.75, 3.05) is 22.5 Å². The number of ether oxygens (including phenoxy) is 1. The van der Waals surface area contributed by atoms with Gasteiger partial charge >= 0.3 is 0 Å². The van der Waals surface area contributed by atoms with Crippen molar-refractivity contribution in [3.63, 3.8) is 0 Å². The molecule has 0 spiro atoms. The minimum atomic E-state index is -3.68. The monoisotopic (exact) mass is 446 g/mol. The number of amides is 1. The Morgan fingerprint density at radius 3 is 2.16 bits per heavy atom. The highest BCUT2D eigenvalue weighted by Crippen LogP contribution is 2.24. The van der Waals surface area contributed by atoms with Crippen LogP contribution >= 0.6 is 0 Å². The predicted octanol–water partition coefficient (Wildman–Crippen LogP) is 3.95. The van der Waals surface area contributed by atoms with Gasteiger partial charge in [-0.2, -0.15) is 0 Å². The van der Waals surface area contributed by atoms with E-state index in [0.29, 0.717) is 11.4 Å². The highest BCUT2D eigenvalue weighted by Gasteiger charge is 2.19. The number of carbonyl (C=O) groups excluding carboxylic acids is 1. The van der Waals surface area contributed by atoms with Gasteiger partial charge < -0.3 is 10.1 Å². The fourth-order valence-electron chi connectivity index (χ4n) is 2.79. The summed E-state index contributed by atoms with van der Waals surface area (Å²) in [6, 6.07) is 17.6. The zero-order chi connectivity index (χ0) is 22.4. The average molecular weight is 446 g/mol. The van der Waals surface area contributed by atoms with Crippen molar-refractivity contribution in [3.8, 4) is 5.75 Å². The van der Waals surface area contributed by atoms with Gasteiger partial charge in [0.05, 0.1) is 24.2 Å². The third kappa shape index (κ3) is 6.02. The van der Waals surface area contributed by atoms with E-state index in [1.165, 1.54) is 60.7 Å². The summed E-state index contributed by atoms with van der Waals surface area (Å²) in [5, 5.41) is 2.40. The summed E-state index contributed by atoms with van der Waals surface area (Å²) in [7, 11) is -3.68. The van der Waals surface area contributed by atoms with Gasteiger partial charge in [0.15, 0.2) is 6.61 Å². The highest BCUT2D eigenvalue weighted by atomic mass is 32.2. The Hall–Kier alpha value is -3.46. The fraction of sp³-hybridized carbons (Fsp3) is 0.136. The van der Waals surface area contributed by atoms with E-state index in [0.717, 1.165) is 10.6 Å². The third-order valence-electron chi connectivity index (χ3n) is 4.31. The van der Waals surface area contributed by atoms with Crippen molar-refractivity contribution in [2.45, 2.75) is 6.54 Å². The van der Waals surface area contributed by atoms with Gasteiger partial charge in [-0.05, 0) is 42.5 Å². The second kappa shape index (κ2) is 9.57. The number of hydrogen-bond donors (Lipinski definition) is 1. The van der Waals surface area contributed by atoms with Crippen LogP contribution in [0.15, 0.2) is 72.8 Å². The highest BCUT2D eigenvalue weighted by molar-refractivity contribution is 7.92. The minimum absolute atomic E-state index is 0.0448. The van der Waals surface area contributed by atoms with Crippen molar-refractivity contribution in [2.24, 2.45) is 0 Å². The number of halogens is 2. The smallest absolute Gasteiger partial charge is 0.262 e. The molecule has 0 fully saturated rings. The molecule has 9 heteroatoms. The molecule has 0 aromatic heterocycles. The molecule has 0 unspecified atom stereocenters. The molecule has 0 saturated carbocycles. The van der Waals surface area contributed by atoms with E-state index >= 15 is 0 Å². The predicted molar refractivity (Wildman–Crippen MR) is 114 cm³/mol. The number of sulfonamides is 1. The first-order valence-electron chi connectivity index (χ1n) is 9.22. The van der Waals surface area contributed by atoms with Crippen molar-refractivity contribution >= 4 is 27.3 Å². The summed E-state index contributed by atoms with van der Waals surface area (Å²) in [6.07, 6.45) is 1.03. The number of carbonyl (C=O) groups is 1. The molecule has 3 aromatic rings. The second-order valence-electron chi connectivity index (χ2n) is 6.67. The van der Waals surface area contributed by atoms with Crippen LogP contribution in [0.3, 0.4) is 0 Å². The van der Waals surface area contributed by atoms with E-state index in [1.807, 2.05) is 0 Å². The van der Waals surface area contributed by atoms with Gasteiger partial charge in [0.25, 0.3) is 5.91 Å². The molecule has 162 valence electrons. The summed E-state index contributed by atoms with van der Waals surface area (Å²) in [6.45, 7) is -0.532. The maximum Gasteiger partial charge on any atom is 0.262 e. The van der Waals surface area contributed by atoms with Gasteiger partial charge in [0, 0.05) is 5.56 Å². The van der Waals surface area contributed by atoms with Crippen LogP contribution in [0.2, 0.25) is 0 Å². The van der Waals surface area contributed by atoms with E-state index in [2.05, 4.69) is 5.32 Å². The summed E-state index contributed by atoms with van der Waals surface area (Å²) in [5.41, 5.74) is 0.593. The quantitative estimate of drug-likeness (QED) is 0.569. The number of hydrogen-bond acceptors (Lipinski definition) is 4. The molecule has 0 heterocycles. The van der Waals surface area contributed by atoms with E-state index < -0.39 is 27.6 Å². The SMILES string of the molecule is CS(=O)(=O)N(Cc1ccccc1F)c1ccc(OCC(=O)Nc2ccccc2F)cc1. The Balaban J connectivity index is 1.66. The van der Waals surface area contributed by atoms with Crippen LogP contribution in [0.1, 0.15) is 5.56 Å². The first-order chi connectivity index (χ1) is 14.7. The molecule has 0 radical (unpaired) electrons. The Kier molecular flexibility index (Phi) is 6.86. The van der Waals surface area contributed by atoms with Crippen LogP contribution in [-0.4, -0.2) is 27.2 Å². The van der Waals surface area contributed by atoms with E-state index in [4.69, 9.17) is 4.74 Å². The molecular weight excluding hydrogens is 426 g/mol. The molecule has 1 amide bonds. The van der Waals surface area contributed by atoms with Crippen LogP contribution in [0, 0.1) is 11.6 Å². The van der Waals surface area contributed by atoms with E-state index in [-0.39, 0.29) is 24.4 Å². The molecule has 0 aliphatic rings. The number of benzene rings is 3. The lowest BCUT2D eigenvalue weighted by atomic mass is 10.2. The van der Waals surface area contributed by atoms with Crippen LogP contribution in [0.4, 0.5) is 20.2 Å². The lowest BCUT2D eigenvalue weighted by Gasteiger charge is -2.23. The lowest BCUT2D eigenvalue weighted by Crippen LogP contribution is -2.29. The normalized spacial score (nSPS) is 11.1. The topological polar surface area (TPSA) is 75.7 Å². The number of para-hydroxylation sites is 1. The molecule has 31 heavy (non-hydrogen) atoms. The molecular formula is C22H20F2N2O4S. The summed E-state index contributed by atoms with van der Waals surface area (Å²) in [4.78, 5) is 12.0. The number of nitrogens with zero attached hydrogens (tertiary/aromatic N) is 1. The Bertz CT molecular complexity index is 1170. The Morgan fingerprint density at radius 2 is 1.55 bits per heavy atom. The largest absolute Gasteiger partial charge is 0.484 e. The number of anilines is 2. The molecule has 0 saturated heterocycles. The maximum atomic E-state index is 14.0. The van der Waals surface area contributed by atoms with E-state index in [1.54, 1.807) is 12.1 Å². The molecule has 6 nitrogen and oxygen atoms in total. The molecule has 0 aliphatic heterocycles. The van der Waals surface area contributed by atoms with Gasteiger partial charge in [-0.1, -0.05) is 30.3 Å². The first kappa shape index (κ1) is 22.2. The maximum absolute atomic E-state index is 14.0. The standard InChI is InChI=1S/C22H20F2N2O4S/c1-31(28,29)26(14-16-6-2-3-7-19(16)23)17-10-12-18(13-11-17)30-15-22(27)25-21-9-5-4-8-20(21)24/h2-13H,14-15H2,1H3,(H,25,27). The van der Waals surface area contributed by atoms with Gasteiger partial charge in [-0.25, -0.2) is 17.2 Å². The summed E-state index contributed by atoms with van der Waals surface area (Å²) in [5.74, 6) is -1.30. The zero-order valence-corrected chi connectivity index (χ0v) is 17.4. The molecule has 0 atom stereocenters. The third-order valence-corrected chi connectivity index (χ3v) is 5.46. The lowest BCUT2D eigenvalue weighted by molar-refractivity contribution is -0.118. The van der Waals surface area contributed by atoms with Gasteiger partial charge in [-0.3, -0.25) is 9.10 Å². The molecule has 1 N–H and O–H groups in total. The van der Waals surface area contributed by atoms with Gasteiger partial charge in [-0.15, -0.1) is 0 Å².